The smallest absolute Gasteiger partial charge is 0.258 e. The molecule has 1 aromatic heterocycles. The van der Waals surface area contributed by atoms with Gasteiger partial charge >= 0.3 is 0 Å². The SMILES string of the molecule is N#Cc1ccc(NC(=O)Cn2ccc3ccccc3c2=O)cc1. The standard InChI is InChI=1S/C18H13N3O2/c19-11-13-5-7-15(8-6-13)20-17(22)12-21-10-9-14-3-1-2-4-16(14)18(21)23/h1-10H,12H2,(H,20,22). The summed E-state index contributed by atoms with van der Waals surface area (Å²) in [6, 6.07) is 17.6. The van der Waals surface area contributed by atoms with E-state index in [1.54, 1.807) is 42.6 Å². The lowest BCUT2D eigenvalue weighted by molar-refractivity contribution is -0.116. The summed E-state index contributed by atoms with van der Waals surface area (Å²) in [7, 11) is 0. The number of anilines is 1. The molecular formula is C18H13N3O2. The van der Waals surface area contributed by atoms with Gasteiger partial charge in [0.05, 0.1) is 11.6 Å². The molecule has 0 unspecified atom stereocenters. The molecular weight excluding hydrogens is 290 g/mol. The van der Waals surface area contributed by atoms with Gasteiger partial charge in [-0.25, -0.2) is 0 Å². The van der Waals surface area contributed by atoms with Crippen LogP contribution in [0.2, 0.25) is 0 Å². The average Bonchev–Trinajstić information content (AvgIpc) is 2.58. The monoisotopic (exact) mass is 303 g/mol. The molecule has 0 radical (unpaired) electrons. The van der Waals surface area contributed by atoms with Crippen LogP contribution in [0, 0.1) is 11.3 Å². The first-order valence-corrected chi connectivity index (χ1v) is 7.05. The van der Waals surface area contributed by atoms with E-state index in [0.29, 0.717) is 16.6 Å². The zero-order valence-electron chi connectivity index (χ0n) is 12.2. The number of nitrogens with one attached hydrogen (secondary N) is 1. The van der Waals surface area contributed by atoms with Crippen LogP contribution in [0.5, 0.6) is 0 Å². The molecule has 3 rings (SSSR count). The van der Waals surface area contributed by atoms with Gasteiger partial charge in [-0.3, -0.25) is 9.59 Å². The predicted octanol–water partition coefficient (Wildman–Crippen LogP) is 2.51. The molecule has 1 N–H and O–H groups in total. The molecule has 0 aliphatic carbocycles. The normalized spacial score (nSPS) is 10.2. The molecule has 0 aliphatic heterocycles. The van der Waals surface area contributed by atoms with E-state index in [1.807, 2.05) is 24.3 Å². The summed E-state index contributed by atoms with van der Waals surface area (Å²) < 4.78 is 1.38. The molecule has 3 aromatic rings. The van der Waals surface area contributed by atoms with Crippen LogP contribution >= 0.6 is 0 Å². The molecule has 23 heavy (non-hydrogen) atoms. The Labute approximate surface area is 132 Å². The van der Waals surface area contributed by atoms with Crippen molar-refractivity contribution in [3.63, 3.8) is 0 Å². The van der Waals surface area contributed by atoms with E-state index in [1.165, 1.54) is 4.57 Å². The lowest BCUT2D eigenvalue weighted by atomic mass is 10.2. The highest BCUT2D eigenvalue weighted by atomic mass is 16.2. The second-order valence-electron chi connectivity index (χ2n) is 5.07. The Hall–Kier alpha value is -3.39. The van der Waals surface area contributed by atoms with Crippen molar-refractivity contribution in [2.45, 2.75) is 6.54 Å². The average molecular weight is 303 g/mol. The first-order valence-electron chi connectivity index (χ1n) is 7.05. The van der Waals surface area contributed by atoms with Gasteiger partial charge in [0.1, 0.15) is 6.54 Å². The highest BCUT2D eigenvalue weighted by Crippen LogP contribution is 2.10. The Morgan fingerprint density at radius 3 is 2.57 bits per heavy atom. The third-order valence-electron chi connectivity index (χ3n) is 3.50. The summed E-state index contributed by atoms with van der Waals surface area (Å²) >= 11 is 0. The van der Waals surface area contributed by atoms with Crippen LogP contribution in [-0.2, 0) is 11.3 Å². The van der Waals surface area contributed by atoms with Crippen LogP contribution in [0.3, 0.4) is 0 Å². The molecule has 1 amide bonds. The van der Waals surface area contributed by atoms with Crippen molar-refractivity contribution in [1.82, 2.24) is 4.57 Å². The minimum Gasteiger partial charge on any atom is -0.325 e. The molecule has 0 saturated heterocycles. The predicted molar refractivity (Wildman–Crippen MR) is 88.0 cm³/mol. The fraction of sp³-hybridized carbons (Fsp3) is 0.0556. The van der Waals surface area contributed by atoms with Crippen LogP contribution in [0.25, 0.3) is 10.8 Å². The van der Waals surface area contributed by atoms with Gasteiger partial charge < -0.3 is 9.88 Å². The number of amides is 1. The number of pyridine rings is 1. The first-order chi connectivity index (χ1) is 11.2. The topological polar surface area (TPSA) is 74.9 Å². The number of rotatable bonds is 3. The highest BCUT2D eigenvalue weighted by molar-refractivity contribution is 5.91. The second-order valence-corrected chi connectivity index (χ2v) is 5.07. The second kappa shape index (κ2) is 6.16. The van der Waals surface area contributed by atoms with Gasteiger partial charge in [0.2, 0.25) is 5.91 Å². The van der Waals surface area contributed by atoms with Gasteiger partial charge in [0, 0.05) is 17.3 Å². The van der Waals surface area contributed by atoms with E-state index in [2.05, 4.69) is 5.32 Å². The summed E-state index contributed by atoms with van der Waals surface area (Å²) in [6.07, 6.45) is 1.61. The third kappa shape index (κ3) is 3.11. The molecule has 0 spiro atoms. The lowest BCUT2D eigenvalue weighted by Crippen LogP contribution is -2.27. The Kier molecular flexibility index (Phi) is 3.89. The number of nitrogens with zero attached hydrogens (tertiary/aromatic N) is 2. The van der Waals surface area contributed by atoms with Crippen LogP contribution in [0.15, 0.2) is 65.6 Å². The van der Waals surface area contributed by atoms with E-state index in [0.717, 1.165) is 5.39 Å². The molecule has 112 valence electrons. The third-order valence-corrected chi connectivity index (χ3v) is 3.50. The maximum absolute atomic E-state index is 12.3. The fourth-order valence-corrected chi connectivity index (χ4v) is 2.34. The summed E-state index contributed by atoms with van der Waals surface area (Å²) in [6.45, 7) is -0.0658. The van der Waals surface area contributed by atoms with Crippen molar-refractivity contribution in [3.05, 3.63) is 76.7 Å². The van der Waals surface area contributed by atoms with Crippen LogP contribution in [0.1, 0.15) is 5.56 Å². The Bertz CT molecular complexity index is 966. The Morgan fingerprint density at radius 1 is 1.09 bits per heavy atom. The van der Waals surface area contributed by atoms with Crippen LogP contribution < -0.4 is 10.9 Å². The lowest BCUT2D eigenvalue weighted by Gasteiger charge is -2.08. The number of carbonyl (C=O) groups is 1. The van der Waals surface area contributed by atoms with E-state index in [4.69, 9.17) is 5.26 Å². The van der Waals surface area contributed by atoms with E-state index in [-0.39, 0.29) is 18.0 Å². The highest BCUT2D eigenvalue weighted by Gasteiger charge is 2.07. The quantitative estimate of drug-likeness (QED) is 0.808. The molecule has 0 bridgehead atoms. The maximum Gasteiger partial charge on any atom is 0.258 e. The maximum atomic E-state index is 12.3. The van der Waals surface area contributed by atoms with Gasteiger partial charge in [-0.15, -0.1) is 0 Å². The summed E-state index contributed by atoms with van der Waals surface area (Å²) in [4.78, 5) is 24.4. The van der Waals surface area contributed by atoms with Crippen LogP contribution in [0.4, 0.5) is 5.69 Å². The molecule has 0 atom stereocenters. The Morgan fingerprint density at radius 2 is 1.83 bits per heavy atom. The zero-order chi connectivity index (χ0) is 16.2. The molecule has 2 aromatic carbocycles. The van der Waals surface area contributed by atoms with E-state index in [9.17, 15) is 9.59 Å². The number of hydrogen-bond acceptors (Lipinski definition) is 3. The zero-order valence-corrected chi connectivity index (χ0v) is 12.2. The molecule has 5 nitrogen and oxygen atoms in total. The molecule has 1 heterocycles. The Balaban J connectivity index is 1.78. The number of carbonyl (C=O) groups excluding carboxylic acids is 1. The molecule has 0 saturated carbocycles. The van der Waals surface area contributed by atoms with Gasteiger partial charge in [-0.1, -0.05) is 18.2 Å². The van der Waals surface area contributed by atoms with Crippen molar-refractivity contribution in [2.75, 3.05) is 5.32 Å². The van der Waals surface area contributed by atoms with Crippen molar-refractivity contribution < 1.29 is 4.79 Å². The number of benzene rings is 2. The van der Waals surface area contributed by atoms with Crippen LogP contribution in [-0.4, -0.2) is 10.5 Å². The largest absolute Gasteiger partial charge is 0.325 e. The first kappa shape index (κ1) is 14.5. The summed E-state index contributed by atoms with van der Waals surface area (Å²) in [5.74, 6) is -0.299. The fourth-order valence-electron chi connectivity index (χ4n) is 2.34. The van der Waals surface area contributed by atoms with Crippen molar-refractivity contribution in [1.29, 1.82) is 5.26 Å². The number of aromatic nitrogens is 1. The number of hydrogen-bond donors (Lipinski definition) is 1. The van der Waals surface area contributed by atoms with Gasteiger partial charge in [0.25, 0.3) is 5.56 Å². The van der Waals surface area contributed by atoms with Gasteiger partial charge in [0.15, 0.2) is 0 Å². The van der Waals surface area contributed by atoms with Gasteiger partial charge in [-0.2, -0.15) is 5.26 Å². The van der Waals surface area contributed by atoms with Gasteiger partial charge in [-0.05, 0) is 41.8 Å². The molecule has 5 heteroatoms. The minimum atomic E-state index is -0.299. The van der Waals surface area contributed by atoms with Crippen molar-refractivity contribution in [2.24, 2.45) is 0 Å². The van der Waals surface area contributed by atoms with Crippen molar-refractivity contribution in [3.8, 4) is 6.07 Å². The summed E-state index contributed by atoms with van der Waals surface area (Å²) in [5.41, 5.74) is 0.912. The number of fused-ring (bicyclic) bond motifs is 1. The van der Waals surface area contributed by atoms with Crippen molar-refractivity contribution >= 4 is 22.4 Å². The minimum absolute atomic E-state index is 0.0658. The van der Waals surface area contributed by atoms with E-state index >= 15 is 0 Å². The number of nitriles is 1. The molecule has 0 aliphatic rings. The summed E-state index contributed by atoms with van der Waals surface area (Å²) in [5, 5.41) is 12.9. The van der Waals surface area contributed by atoms with E-state index < -0.39 is 0 Å². The molecule has 0 fully saturated rings.